The fraction of sp³-hybridized carbons (Fsp3) is 0.591. The maximum Gasteiger partial charge on any atom is 0.282 e. The second-order valence-electron chi connectivity index (χ2n) is 8.99. The minimum Gasteiger partial charge on any atom is -0.350 e. The highest BCUT2D eigenvalue weighted by Crippen LogP contribution is 2.29. The highest BCUT2D eigenvalue weighted by Gasteiger charge is 2.44. The van der Waals surface area contributed by atoms with Gasteiger partial charge in [0.2, 0.25) is 11.8 Å². The van der Waals surface area contributed by atoms with E-state index < -0.39 is 39.7 Å². The first-order valence-electron chi connectivity index (χ1n) is 11.4. The standard InChI is InChI=1S/C22H27F2N5O4S/c23-18-5-6-19(24)17(9-18)11-26-21(30)20-4-2-8-29(20)22(31)16-3-1-7-27(14-16)34(32,33)28-12-15(10-25)13-28/h5-6,9,15-16,20H,1-4,7-8,11-14H2,(H,26,30)/t16-,20+/m0/s1. The molecule has 0 spiro atoms. The van der Waals surface area contributed by atoms with E-state index in [1.807, 2.05) is 6.07 Å². The monoisotopic (exact) mass is 495 g/mol. The lowest BCUT2D eigenvalue weighted by Crippen LogP contribution is -2.57. The number of halogens is 2. The van der Waals surface area contributed by atoms with Crippen LogP contribution in [0, 0.1) is 34.8 Å². The van der Waals surface area contributed by atoms with Crippen LogP contribution in [0.25, 0.3) is 0 Å². The van der Waals surface area contributed by atoms with Crippen molar-refractivity contribution < 1.29 is 26.8 Å². The first-order valence-corrected chi connectivity index (χ1v) is 12.8. The zero-order valence-electron chi connectivity index (χ0n) is 18.6. The number of amides is 2. The molecular formula is C22H27F2N5O4S. The van der Waals surface area contributed by atoms with E-state index in [4.69, 9.17) is 5.26 Å². The second-order valence-corrected chi connectivity index (χ2v) is 10.9. The molecule has 3 aliphatic heterocycles. The first-order chi connectivity index (χ1) is 16.2. The third-order valence-corrected chi connectivity index (χ3v) is 8.65. The molecule has 3 fully saturated rings. The van der Waals surface area contributed by atoms with Gasteiger partial charge in [0.1, 0.15) is 17.7 Å². The van der Waals surface area contributed by atoms with Gasteiger partial charge in [0.05, 0.1) is 17.9 Å². The molecule has 2 amide bonds. The van der Waals surface area contributed by atoms with Gasteiger partial charge in [-0.05, 0) is 43.9 Å². The van der Waals surface area contributed by atoms with Gasteiger partial charge in [-0.2, -0.15) is 22.3 Å². The molecule has 184 valence electrons. The van der Waals surface area contributed by atoms with E-state index in [1.165, 1.54) is 13.5 Å². The molecule has 3 heterocycles. The van der Waals surface area contributed by atoms with Gasteiger partial charge in [-0.3, -0.25) is 9.59 Å². The Bertz CT molecular complexity index is 1100. The van der Waals surface area contributed by atoms with Crippen LogP contribution in [-0.4, -0.2) is 72.5 Å². The van der Waals surface area contributed by atoms with E-state index in [0.29, 0.717) is 38.8 Å². The van der Waals surface area contributed by atoms with E-state index in [0.717, 1.165) is 18.2 Å². The van der Waals surface area contributed by atoms with E-state index in [1.54, 1.807) is 0 Å². The van der Waals surface area contributed by atoms with Gasteiger partial charge >= 0.3 is 0 Å². The molecule has 0 bridgehead atoms. The van der Waals surface area contributed by atoms with Crippen molar-refractivity contribution in [3.63, 3.8) is 0 Å². The van der Waals surface area contributed by atoms with Gasteiger partial charge in [-0.25, -0.2) is 8.78 Å². The summed E-state index contributed by atoms with van der Waals surface area (Å²) in [5.41, 5.74) is 0.0157. The third kappa shape index (κ3) is 4.92. The molecule has 12 heteroatoms. The smallest absolute Gasteiger partial charge is 0.282 e. The normalized spacial score (nSPS) is 24.4. The fourth-order valence-corrected chi connectivity index (χ4v) is 6.53. The summed E-state index contributed by atoms with van der Waals surface area (Å²) in [6, 6.07) is 4.32. The lowest BCUT2D eigenvalue weighted by atomic mass is 9.97. The van der Waals surface area contributed by atoms with Crippen LogP contribution in [0.15, 0.2) is 18.2 Å². The number of nitriles is 1. The van der Waals surface area contributed by atoms with Gasteiger partial charge in [0.25, 0.3) is 10.2 Å². The number of benzene rings is 1. The summed E-state index contributed by atoms with van der Waals surface area (Å²) in [6.45, 7) is 0.847. The Morgan fingerprint density at radius 3 is 2.56 bits per heavy atom. The van der Waals surface area contributed by atoms with Crippen LogP contribution in [0.3, 0.4) is 0 Å². The Hall–Kier alpha value is -2.62. The molecule has 1 N–H and O–H groups in total. The van der Waals surface area contributed by atoms with Crippen LogP contribution in [0.2, 0.25) is 0 Å². The van der Waals surface area contributed by atoms with Crippen molar-refractivity contribution in [2.24, 2.45) is 11.8 Å². The number of carbonyl (C=O) groups excluding carboxylic acids is 2. The summed E-state index contributed by atoms with van der Waals surface area (Å²) < 4.78 is 55.5. The Labute approximate surface area is 197 Å². The lowest BCUT2D eigenvalue weighted by Gasteiger charge is -2.41. The minimum atomic E-state index is -3.74. The van der Waals surface area contributed by atoms with Gasteiger partial charge in [0.15, 0.2) is 0 Å². The second kappa shape index (κ2) is 9.93. The number of piperidine rings is 1. The molecule has 9 nitrogen and oxygen atoms in total. The minimum absolute atomic E-state index is 0.0157. The maximum atomic E-state index is 13.9. The summed E-state index contributed by atoms with van der Waals surface area (Å²) in [5, 5.41) is 11.5. The predicted molar refractivity (Wildman–Crippen MR) is 117 cm³/mol. The first kappa shape index (κ1) is 24.5. The average molecular weight is 496 g/mol. The third-order valence-electron chi connectivity index (χ3n) is 6.72. The van der Waals surface area contributed by atoms with E-state index in [-0.39, 0.29) is 43.6 Å². The number of rotatable bonds is 6. The molecule has 0 aliphatic carbocycles. The van der Waals surface area contributed by atoms with Crippen molar-refractivity contribution in [3.8, 4) is 6.07 Å². The number of hydrogen-bond donors (Lipinski definition) is 1. The zero-order chi connectivity index (χ0) is 24.5. The van der Waals surface area contributed by atoms with Gasteiger partial charge in [0, 0.05) is 44.8 Å². The quantitative estimate of drug-likeness (QED) is 0.632. The number of hydrogen-bond acceptors (Lipinski definition) is 5. The number of likely N-dealkylation sites (tertiary alicyclic amines) is 1. The topological polar surface area (TPSA) is 114 Å². The molecule has 4 rings (SSSR count). The largest absolute Gasteiger partial charge is 0.350 e. The summed E-state index contributed by atoms with van der Waals surface area (Å²) >= 11 is 0. The molecule has 1 aromatic carbocycles. The van der Waals surface area contributed by atoms with Gasteiger partial charge < -0.3 is 10.2 Å². The molecular weight excluding hydrogens is 468 g/mol. The lowest BCUT2D eigenvalue weighted by molar-refractivity contribution is -0.142. The molecule has 0 unspecified atom stereocenters. The maximum absolute atomic E-state index is 13.9. The van der Waals surface area contributed by atoms with Gasteiger partial charge in [-0.1, -0.05) is 0 Å². The predicted octanol–water partition coefficient (Wildman–Crippen LogP) is 0.984. The number of nitrogens with zero attached hydrogens (tertiary/aromatic N) is 4. The van der Waals surface area contributed by atoms with Crippen molar-refractivity contribution in [2.75, 3.05) is 32.7 Å². The molecule has 0 radical (unpaired) electrons. The number of carbonyl (C=O) groups is 2. The highest BCUT2D eigenvalue weighted by molar-refractivity contribution is 7.86. The van der Waals surface area contributed by atoms with Crippen LogP contribution in [0.4, 0.5) is 8.78 Å². The molecule has 34 heavy (non-hydrogen) atoms. The van der Waals surface area contributed by atoms with Crippen LogP contribution in [0.5, 0.6) is 0 Å². The fourth-order valence-electron chi connectivity index (χ4n) is 4.74. The Morgan fingerprint density at radius 2 is 1.82 bits per heavy atom. The zero-order valence-corrected chi connectivity index (χ0v) is 19.4. The molecule has 0 saturated carbocycles. The molecule has 2 atom stereocenters. The molecule has 3 saturated heterocycles. The Kier molecular flexibility index (Phi) is 7.16. The van der Waals surface area contributed by atoms with Crippen molar-refractivity contribution in [2.45, 2.75) is 38.3 Å². The Balaban J connectivity index is 1.37. The number of nitrogens with one attached hydrogen (secondary N) is 1. The van der Waals surface area contributed by atoms with Crippen molar-refractivity contribution in [1.82, 2.24) is 18.8 Å². The highest BCUT2D eigenvalue weighted by atomic mass is 32.2. The molecule has 1 aromatic rings. The SMILES string of the molecule is N#CC1CN(S(=O)(=O)N2CCC[C@H](C(=O)N3CCC[C@@H]3C(=O)NCc3cc(F)ccc3F)C2)C1. The Morgan fingerprint density at radius 1 is 1.09 bits per heavy atom. The van der Waals surface area contributed by atoms with Crippen LogP contribution in [0.1, 0.15) is 31.2 Å². The van der Waals surface area contributed by atoms with Crippen LogP contribution in [-0.2, 0) is 26.3 Å². The van der Waals surface area contributed by atoms with Gasteiger partial charge in [-0.15, -0.1) is 0 Å². The van der Waals surface area contributed by atoms with Crippen molar-refractivity contribution in [1.29, 1.82) is 5.26 Å². The summed E-state index contributed by atoms with van der Waals surface area (Å²) in [5.74, 6) is -2.83. The van der Waals surface area contributed by atoms with E-state index >= 15 is 0 Å². The van der Waals surface area contributed by atoms with Crippen molar-refractivity contribution >= 4 is 22.0 Å². The van der Waals surface area contributed by atoms with Crippen LogP contribution >= 0.6 is 0 Å². The summed E-state index contributed by atoms with van der Waals surface area (Å²) in [6.07, 6.45) is 2.11. The molecule has 3 aliphatic rings. The average Bonchev–Trinajstić information content (AvgIpc) is 3.28. The van der Waals surface area contributed by atoms with E-state index in [9.17, 15) is 26.8 Å². The summed E-state index contributed by atoms with van der Waals surface area (Å²) in [4.78, 5) is 27.5. The van der Waals surface area contributed by atoms with E-state index in [2.05, 4.69) is 5.32 Å². The molecule has 0 aromatic heterocycles. The van der Waals surface area contributed by atoms with Crippen molar-refractivity contribution in [3.05, 3.63) is 35.4 Å². The summed E-state index contributed by atoms with van der Waals surface area (Å²) in [7, 11) is -3.74. The van der Waals surface area contributed by atoms with Crippen LogP contribution < -0.4 is 5.32 Å².